The molecule has 3 heterocycles. The minimum atomic E-state index is -0.402. The Balaban J connectivity index is 1.59. The first-order chi connectivity index (χ1) is 8.72. The maximum Gasteiger partial charge on any atom is 0.390 e. The molecule has 1 fully saturated rings. The lowest BCUT2D eigenvalue weighted by atomic mass is 9.87. The number of nitro groups is 1. The van der Waals surface area contributed by atoms with E-state index in [1.54, 1.807) is 10.7 Å². The summed E-state index contributed by atoms with van der Waals surface area (Å²) in [6.07, 6.45) is 4.58. The molecule has 0 amide bonds. The lowest BCUT2D eigenvalue weighted by Crippen LogP contribution is -2.42. The van der Waals surface area contributed by atoms with Gasteiger partial charge in [0, 0.05) is 0 Å². The first kappa shape index (κ1) is 11.6. The van der Waals surface area contributed by atoms with Crippen LogP contribution in [-0.4, -0.2) is 27.8 Å². The molecule has 6 heteroatoms. The summed E-state index contributed by atoms with van der Waals surface area (Å²) in [6, 6.07) is 1.64. The van der Waals surface area contributed by atoms with E-state index in [1.807, 2.05) is 0 Å². The van der Waals surface area contributed by atoms with Gasteiger partial charge < -0.3 is 15.4 Å². The third kappa shape index (κ3) is 2.25. The molecule has 0 spiro atoms. The summed E-state index contributed by atoms with van der Waals surface area (Å²) in [6.45, 7) is 3.16. The summed E-state index contributed by atoms with van der Waals surface area (Å²) >= 11 is 0. The van der Waals surface area contributed by atoms with Gasteiger partial charge in [-0.1, -0.05) is 0 Å². The van der Waals surface area contributed by atoms with Crippen LogP contribution in [0.1, 0.15) is 25.0 Å². The predicted octanol–water partition coefficient (Wildman–Crippen LogP) is 1.35. The summed E-state index contributed by atoms with van der Waals surface area (Å²) in [5.74, 6) is 1.52. The van der Waals surface area contributed by atoms with Crippen molar-refractivity contribution >= 4 is 5.82 Å². The van der Waals surface area contributed by atoms with Gasteiger partial charge in [-0.15, -0.1) is 0 Å². The van der Waals surface area contributed by atoms with Crippen molar-refractivity contribution in [2.75, 3.05) is 13.1 Å². The molecule has 1 atom stereocenters. The number of aromatic nitrogens is 2. The van der Waals surface area contributed by atoms with E-state index in [-0.39, 0.29) is 5.82 Å². The second-order valence-corrected chi connectivity index (χ2v) is 5.43. The SMILES string of the molecule is O=[N+]([O-])c1cc2n(n1)CCC(CCC1CNC1)C2. The fourth-order valence-electron chi connectivity index (χ4n) is 2.86. The Labute approximate surface area is 106 Å². The summed E-state index contributed by atoms with van der Waals surface area (Å²) in [4.78, 5) is 10.3. The highest BCUT2D eigenvalue weighted by atomic mass is 16.6. The highest BCUT2D eigenvalue weighted by Crippen LogP contribution is 2.28. The lowest BCUT2D eigenvalue weighted by molar-refractivity contribution is -0.389. The van der Waals surface area contributed by atoms with Gasteiger partial charge in [0.1, 0.15) is 0 Å². The second kappa shape index (κ2) is 4.68. The Bertz CT molecular complexity index is 453. The van der Waals surface area contributed by atoms with Crippen LogP contribution >= 0.6 is 0 Å². The smallest absolute Gasteiger partial charge is 0.358 e. The van der Waals surface area contributed by atoms with Crippen molar-refractivity contribution in [1.82, 2.24) is 15.1 Å². The van der Waals surface area contributed by atoms with Gasteiger partial charge in [0.05, 0.1) is 23.4 Å². The fraction of sp³-hybridized carbons (Fsp3) is 0.750. The zero-order valence-electron chi connectivity index (χ0n) is 10.3. The predicted molar refractivity (Wildman–Crippen MR) is 66.3 cm³/mol. The molecule has 98 valence electrons. The minimum absolute atomic E-state index is 0.00570. The maximum atomic E-state index is 10.7. The number of nitrogens with zero attached hydrogens (tertiary/aromatic N) is 3. The molecule has 0 aromatic carbocycles. The molecule has 1 N–H and O–H groups in total. The number of nitrogens with one attached hydrogen (secondary N) is 1. The molecule has 2 aliphatic heterocycles. The van der Waals surface area contributed by atoms with Crippen molar-refractivity contribution in [3.05, 3.63) is 21.9 Å². The molecule has 1 saturated heterocycles. The minimum Gasteiger partial charge on any atom is -0.358 e. The van der Waals surface area contributed by atoms with Gasteiger partial charge in [-0.3, -0.25) is 0 Å². The lowest BCUT2D eigenvalue weighted by Gasteiger charge is -2.29. The number of rotatable bonds is 4. The van der Waals surface area contributed by atoms with Crippen LogP contribution in [-0.2, 0) is 13.0 Å². The van der Waals surface area contributed by atoms with E-state index in [0.717, 1.165) is 44.1 Å². The summed E-state index contributed by atoms with van der Waals surface area (Å²) in [7, 11) is 0. The van der Waals surface area contributed by atoms with Gasteiger partial charge >= 0.3 is 5.82 Å². The topological polar surface area (TPSA) is 73.0 Å². The van der Waals surface area contributed by atoms with Crippen molar-refractivity contribution < 1.29 is 4.92 Å². The van der Waals surface area contributed by atoms with E-state index in [2.05, 4.69) is 10.4 Å². The number of hydrogen-bond donors (Lipinski definition) is 1. The summed E-state index contributed by atoms with van der Waals surface area (Å²) < 4.78 is 1.81. The Morgan fingerprint density at radius 2 is 2.22 bits per heavy atom. The van der Waals surface area contributed by atoms with E-state index >= 15 is 0 Å². The highest BCUT2D eigenvalue weighted by Gasteiger charge is 2.26. The average molecular weight is 250 g/mol. The molecule has 0 bridgehead atoms. The summed E-state index contributed by atoms with van der Waals surface area (Å²) in [5, 5.41) is 18.0. The molecule has 0 aliphatic carbocycles. The van der Waals surface area contributed by atoms with Gasteiger partial charge in [-0.2, -0.15) is 4.68 Å². The Morgan fingerprint density at radius 3 is 2.89 bits per heavy atom. The average Bonchev–Trinajstić information content (AvgIpc) is 2.70. The molecule has 0 saturated carbocycles. The van der Waals surface area contributed by atoms with E-state index in [0.29, 0.717) is 5.92 Å². The Kier molecular flexibility index (Phi) is 3.03. The van der Waals surface area contributed by atoms with Crippen LogP contribution in [0.25, 0.3) is 0 Å². The molecule has 1 unspecified atom stereocenters. The van der Waals surface area contributed by atoms with Crippen molar-refractivity contribution in [3.63, 3.8) is 0 Å². The van der Waals surface area contributed by atoms with E-state index in [4.69, 9.17) is 0 Å². The number of hydrogen-bond acceptors (Lipinski definition) is 4. The Hall–Kier alpha value is -1.43. The first-order valence-corrected chi connectivity index (χ1v) is 6.64. The fourth-order valence-corrected chi connectivity index (χ4v) is 2.86. The van der Waals surface area contributed by atoms with Crippen LogP contribution in [0, 0.1) is 22.0 Å². The van der Waals surface area contributed by atoms with Crippen molar-refractivity contribution in [1.29, 1.82) is 0 Å². The van der Waals surface area contributed by atoms with Crippen LogP contribution in [0.5, 0.6) is 0 Å². The molecular formula is C12H18N4O2. The van der Waals surface area contributed by atoms with Crippen LogP contribution in [0.15, 0.2) is 6.07 Å². The molecule has 6 nitrogen and oxygen atoms in total. The van der Waals surface area contributed by atoms with Crippen LogP contribution in [0.2, 0.25) is 0 Å². The van der Waals surface area contributed by atoms with Gasteiger partial charge in [0.2, 0.25) is 0 Å². The molecule has 1 aromatic rings. The molecule has 0 radical (unpaired) electrons. The van der Waals surface area contributed by atoms with E-state index in [1.165, 1.54) is 12.8 Å². The normalized spacial score (nSPS) is 23.4. The Morgan fingerprint density at radius 1 is 1.44 bits per heavy atom. The number of fused-ring (bicyclic) bond motifs is 1. The molecule has 18 heavy (non-hydrogen) atoms. The van der Waals surface area contributed by atoms with Crippen molar-refractivity contribution in [2.24, 2.45) is 11.8 Å². The maximum absolute atomic E-state index is 10.7. The van der Waals surface area contributed by atoms with Crippen LogP contribution in [0.3, 0.4) is 0 Å². The monoisotopic (exact) mass is 250 g/mol. The highest BCUT2D eigenvalue weighted by molar-refractivity contribution is 5.23. The quantitative estimate of drug-likeness (QED) is 0.646. The van der Waals surface area contributed by atoms with Crippen LogP contribution in [0.4, 0.5) is 5.82 Å². The van der Waals surface area contributed by atoms with Gasteiger partial charge in [0.25, 0.3) is 0 Å². The van der Waals surface area contributed by atoms with Gasteiger partial charge in [0.15, 0.2) is 0 Å². The third-order valence-corrected chi connectivity index (χ3v) is 4.13. The zero-order chi connectivity index (χ0) is 12.5. The van der Waals surface area contributed by atoms with E-state index < -0.39 is 4.92 Å². The van der Waals surface area contributed by atoms with Gasteiger partial charge in [-0.05, 0) is 55.5 Å². The largest absolute Gasteiger partial charge is 0.390 e. The van der Waals surface area contributed by atoms with Gasteiger partial charge in [-0.25, -0.2) is 0 Å². The standard InChI is InChI=1S/C12H18N4O2/c17-16(18)12-6-11-5-9(3-4-15(11)14-12)1-2-10-7-13-8-10/h6,9-10,13H,1-5,7-8H2. The van der Waals surface area contributed by atoms with Crippen molar-refractivity contribution in [2.45, 2.75) is 32.2 Å². The molecular weight excluding hydrogens is 232 g/mol. The molecule has 2 aliphatic rings. The van der Waals surface area contributed by atoms with Crippen molar-refractivity contribution in [3.8, 4) is 0 Å². The molecule has 3 rings (SSSR count). The zero-order valence-corrected chi connectivity index (χ0v) is 10.3. The number of aryl methyl sites for hydroxylation is 1. The molecule has 1 aromatic heterocycles. The van der Waals surface area contributed by atoms with Crippen LogP contribution < -0.4 is 5.32 Å². The third-order valence-electron chi connectivity index (χ3n) is 4.13. The first-order valence-electron chi connectivity index (χ1n) is 6.64. The summed E-state index contributed by atoms with van der Waals surface area (Å²) in [5.41, 5.74) is 1.03. The second-order valence-electron chi connectivity index (χ2n) is 5.43. The van der Waals surface area contributed by atoms with E-state index in [9.17, 15) is 10.1 Å².